The average Bonchev–Trinajstić information content (AvgIpc) is 2.79. The van der Waals surface area contributed by atoms with Crippen molar-refractivity contribution in [1.82, 2.24) is 0 Å². The highest BCUT2D eigenvalue weighted by Crippen LogP contribution is 2.62. The second kappa shape index (κ2) is 4.36. The molecule has 5 atom stereocenters. The average molecular weight is 306 g/mol. The molecule has 4 aliphatic rings. The Morgan fingerprint density at radius 3 is 2.68 bits per heavy atom. The van der Waals surface area contributed by atoms with Crippen molar-refractivity contribution in [2.24, 2.45) is 23.2 Å². The van der Waals surface area contributed by atoms with Gasteiger partial charge in [0.25, 0.3) is 0 Å². The molecule has 0 unspecified atom stereocenters. The minimum absolute atomic E-state index is 0.0502. The van der Waals surface area contributed by atoms with Crippen LogP contribution in [0.1, 0.15) is 45.4 Å². The predicted molar refractivity (Wildman–Crippen MR) is 77.4 cm³/mol. The molecule has 0 amide bonds. The van der Waals surface area contributed by atoms with Crippen molar-refractivity contribution in [1.29, 1.82) is 0 Å². The van der Waals surface area contributed by atoms with E-state index in [0.717, 1.165) is 12.5 Å². The first-order valence-corrected chi connectivity index (χ1v) is 8.23. The fraction of sp³-hybridized carbons (Fsp3) is 0.667. The number of Topliss-reactive ketones (excluding diaryl/α,β-unsaturated/α-hetero) is 1. The third-order valence-corrected chi connectivity index (χ3v) is 6.83. The molecule has 0 saturated heterocycles. The van der Waals surface area contributed by atoms with Crippen LogP contribution < -0.4 is 0 Å². The molecule has 4 heteroatoms. The summed E-state index contributed by atoms with van der Waals surface area (Å²) in [7, 11) is 0. The summed E-state index contributed by atoms with van der Waals surface area (Å²) < 4.78 is 29.7. The summed E-state index contributed by atoms with van der Waals surface area (Å²) >= 11 is 0. The second-order valence-electron chi connectivity index (χ2n) is 7.59. The standard InChI is InChI=1S/C18H20F2O2/c1-17-8-6-12-10(11(17)4-5-15(17)22)2-3-13-16(19)14(21)7-9-18(12,13)20/h7,9-12H,2-6,8H2,1H3/t10-,11-,12-,17-,18-/m0/s1. The number of alkyl halides is 1. The van der Waals surface area contributed by atoms with Crippen LogP contribution in [0.3, 0.4) is 0 Å². The molecule has 22 heavy (non-hydrogen) atoms. The molecular formula is C18H20F2O2. The Morgan fingerprint density at radius 2 is 1.91 bits per heavy atom. The van der Waals surface area contributed by atoms with E-state index in [9.17, 15) is 14.0 Å². The number of carbonyl (C=O) groups is 2. The van der Waals surface area contributed by atoms with Crippen LogP contribution in [0.2, 0.25) is 0 Å². The zero-order chi connectivity index (χ0) is 15.7. The minimum Gasteiger partial charge on any atom is -0.299 e. The van der Waals surface area contributed by atoms with E-state index < -0.39 is 17.3 Å². The Morgan fingerprint density at radius 1 is 1.14 bits per heavy atom. The molecule has 4 rings (SSSR count). The number of hydrogen-bond acceptors (Lipinski definition) is 2. The van der Waals surface area contributed by atoms with E-state index in [4.69, 9.17) is 0 Å². The van der Waals surface area contributed by atoms with Crippen molar-refractivity contribution in [3.63, 3.8) is 0 Å². The van der Waals surface area contributed by atoms with Crippen LogP contribution in [0, 0.1) is 23.2 Å². The van der Waals surface area contributed by atoms with Crippen LogP contribution in [0.4, 0.5) is 8.78 Å². The largest absolute Gasteiger partial charge is 0.299 e. The lowest BCUT2D eigenvalue weighted by molar-refractivity contribution is -0.132. The zero-order valence-electron chi connectivity index (χ0n) is 12.7. The van der Waals surface area contributed by atoms with E-state index in [-0.39, 0.29) is 28.7 Å². The number of fused-ring (bicyclic) bond motifs is 5. The Hall–Kier alpha value is -1.32. The summed E-state index contributed by atoms with van der Waals surface area (Å²) in [5.74, 6) is -1.26. The van der Waals surface area contributed by atoms with Crippen molar-refractivity contribution >= 4 is 11.6 Å². The molecule has 0 aromatic carbocycles. The number of halogens is 2. The Kier molecular flexibility index (Phi) is 2.83. The van der Waals surface area contributed by atoms with E-state index in [1.165, 1.54) is 6.08 Å². The quantitative estimate of drug-likeness (QED) is 0.681. The molecule has 0 heterocycles. The summed E-state index contributed by atoms with van der Waals surface area (Å²) in [5.41, 5.74) is -2.09. The fourth-order valence-electron chi connectivity index (χ4n) is 5.63. The maximum atomic E-state index is 15.6. The molecular weight excluding hydrogens is 286 g/mol. The Labute approximate surface area is 128 Å². The third-order valence-electron chi connectivity index (χ3n) is 6.83. The second-order valence-corrected chi connectivity index (χ2v) is 7.59. The normalized spacial score (nSPS) is 47.3. The van der Waals surface area contributed by atoms with E-state index >= 15 is 4.39 Å². The first-order valence-electron chi connectivity index (χ1n) is 8.23. The van der Waals surface area contributed by atoms with Gasteiger partial charge in [0.15, 0.2) is 11.5 Å². The summed E-state index contributed by atoms with van der Waals surface area (Å²) in [5, 5.41) is 0. The number of ketones is 2. The van der Waals surface area contributed by atoms with Gasteiger partial charge < -0.3 is 0 Å². The van der Waals surface area contributed by atoms with Gasteiger partial charge in [0.1, 0.15) is 5.78 Å². The molecule has 0 spiro atoms. The van der Waals surface area contributed by atoms with E-state index in [1.807, 2.05) is 6.92 Å². The van der Waals surface area contributed by atoms with Crippen LogP contribution in [-0.4, -0.2) is 17.2 Å². The highest BCUT2D eigenvalue weighted by Gasteiger charge is 2.60. The van der Waals surface area contributed by atoms with Crippen molar-refractivity contribution in [2.45, 2.75) is 51.1 Å². The Balaban J connectivity index is 1.75. The third kappa shape index (κ3) is 1.59. The van der Waals surface area contributed by atoms with Crippen LogP contribution in [0.15, 0.2) is 23.6 Å². The van der Waals surface area contributed by atoms with Crippen molar-refractivity contribution in [3.05, 3.63) is 23.6 Å². The predicted octanol–water partition coefficient (Wildman–Crippen LogP) is 3.86. The molecule has 0 aliphatic heterocycles. The smallest absolute Gasteiger partial charge is 0.214 e. The van der Waals surface area contributed by atoms with Gasteiger partial charge in [0.05, 0.1) is 0 Å². The lowest BCUT2D eigenvalue weighted by Crippen LogP contribution is -2.52. The SMILES string of the molecule is C[C@]12CC[C@H]3[C@@H](CCC4=C(F)C(=O)C=C[C@@]43F)[C@@H]1CCC2=O. The zero-order valence-corrected chi connectivity index (χ0v) is 12.7. The van der Waals surface area contributed by atoms with Gasteiger partial charge in [-0.1, -0.05) is 6.92 Å². The Bertz CT molecular complexity index is 635. The molecule has 0 radical (unpaired) electrons. The lowest BCUT2D eigenvalue weighted by Gasteiger charge is -2.53. The van der Waals surface area contributed by atoms with Gasteiger partial charge in [-0.2, -0.15) is 0 Å². The van der Waals surface area contributed by atoms with E-state index in [1.54, 1.807) is 0 Å². The van der Waals surface area contributed by atoms with Gasteiger partial charge in [0, 0.05) is 23.3 Å². The van der Waals surface area contributed by atoms with Crippen molar-refractivity contribution < 1.29 is 18.4 Å². The van der Waals surface area contributed by atoms with Crippen LogP contribution in [-0.2, 0) is 9.59 Å². The van der Waals surface area contributed by atoms with Crippen molar-refractivity contribution in [2.75, 3.05) is 0 Å². The maximum absolute atomic E-state index is 15.6. The lowest BCUT2D eigenvalue weighted by atomic mass is 9.52. The molecule has 3 fully saturated rings. The first-order chi connectivity index (χ1) is 10.4. The van der Waals surface area contributed by atoms with Gasteiger partial charge in [-0.05, 0) is 56.1 Å². The molecule has 0 aromatic heterocycles. The first kappa shape index (κ1) is 14.3. The molecule has 2 nitrogen and oxygen atoms in total. The summed E-state index contributed by atoms with van der Waals surface area (Å²) in [6.45, 7) is 2.03. The molecule has 3 saturated carbocycles. The van der Waals surface area contributed by atoms with Crippen LogP contribution in [0.25, 0.3) is 0 Å². The highest BCUT2D eigenvalue weighted by atomic mass is 19.1. The number of hydrogen-bond donors (Lipinski definition) is 0. The summed E-state index contributed by atoms with van der Waals surface area (Å²) in [6, 6.07) is 0. The monoisotopic (exact) mass is 306 g/mol. The molecule has 118 valence electrons. The molecule has 0 aromatic rings. The molecule has 0 N–H and O–H groups in total. The topological polar surface area (TPSA) is 34.1 Å². The number of rotatable bonds is 0. The van der Waals surface area contributed by atoms with Gasteiger partial charge >= 0.3 is 0 Å². The van der Waals surface area contributed by atoms with Gasteiger partial charge in [-0.15, -0.1) is 0 Å². The number of carbonyl (C=O) groups excluding carboxylic acids is 2. The van der Waals surface area contributed by atoms with Crippen LogP contribution in [0.5, 0.6) is 0 Å². The number of allylic oxidation sites excluding steroid dienone is 4. The van der Waals surface area contributed by atoms with Gasteiger partial charge in [-0.3, -0.25) is 9.59 Å². The van der Waals surface area contributed by atoms with E-state index in [2.05, 4.69) is 0 Å². The van der Waals surface area contributed by atoms with Crippen molar-refractivity contribution in [3.8, 4) is 0 Å². The van der Waals surface area contributed by atoms with Gasteiger partial charge in [-0.25, -0.2) is 8.78 Å². The highest BCUT2D eigenvalue weighted by molar-refractivity contribution is 6.04. The summed E-state index contributed by atoms with van der Waals surface area (Å²) in [6.07, 6.45) is 6.01. The summed E-state index contributed by atoms with van der Waals surface area (Å²) in [4.78, 5) is 23.7. The van der Waals surface area contributed by atoms with Crippen LogP contribution >= 0.6 is 0 Å². The fourth-order valence-corrected chi connectivity index (χ4v) is 5.63. The molecule has 4 aliphatic carbocycles. The van der Waals surface area contributed by atoms with E-state index in [0.29, 0.717) is 37.9 Å². The molecule has 0 bridgehead atoms. The van der Waals surface area contributed by atoms with Gasteiger partial charge in [0.2, 0.25) is 5.78 Å². The maximum Gasteiger partial charge on any atom is 0.214 e. The minimum atomic E-state index is -1.83.